The van der Waals surface area contributed by atoms with E-state index in [1.54, 1.807) is 45.0 Å². The van der Waals surface area contributed by atoms with E-state index in [-0.39, 0.29) is 22.9 Å². The third kappa shape index (κ3) is 4.66. The Hall–Kier alpha value is -1.97. The fraction of sp³-hybridized carbons (Fsp3) is 0.556. The quantitative estimate of drug-likeness (QED) is 0.690. The van der Waals surface area contributed by atoms with Crippen LogP contribution < -0.4 is 10.6 Å². The van der Waals surface area contributed by atoms with Crippen molar-refractivity contribution in [3.8, 4) is 0 Å². The van der Waals surface area contributed by atoms with E-state index in [4.69, 9.17) is 0 Å². The van der Waals surface area contributed by atoms with Gasteiger partial charge in [-0.25, -0.2) is 13.2 Å². The molecule has 2 N–H and O–H groups in total. The molecular formula is C18H28N4O4S. The predicted molar refractivity (Wildman–Crippen MR) is 103 cm³/mol. The van der Waals surface area contributed by atoms with Crippen LogP contribution in [0.1, 0.15) is 39.3 Å². The van der Waals surface area contributed by atoms with Crippen LogP contribution in [0.15, 0.2) is 29.2 Å². The van der Waals surface area contributed by atoms with Gasteiger partial charge in [0.2, 0.25) is 15.9 Å². The highest BCUT2D eigenvalue weighted by Crippen LogP contribution is 2.20. The van der Waals surface area contributed by atoms with Gasteiger partial charge in [-0.3, -0.25) is 15.0 Å². The van der Waals surface area contributed by atoms with Crippen molar-refractivity contribution in [3.63, 3.8) is 0 Å². The van der Waals surface area contributed by atoms with Crippen LogP contribution in [0.25, 0.3) is 0 Å². The van der Waals surface area contributed by atoms with Gasteiger partial charge >= 0.3 is 6.03 Å². The van der Waals surface area contributed by atoms with Gasteiger partial charge in [0.25, 0.3) is 0 Å². The van der Waals surface area contributed by atoms with Crippen LogP contribution in [0, 0.1) is 0 Å². The Bertz CT molecular complexity index is 775. The van der Waals surface area contributed by atoms with Crippen LogP contribution in [0.3, 0.4) is 0 Å². The van der Waals surface area contributed by atoms with E-state index in [1.807, 2.05) is 6.92 Å². The highest BCUT2D eigenvalue weighted by Gasteiger charge is 2.30. The van der Waals surface area contributed by atoms with Crippen molar-refractivity contribution >= 4 is 22.0 Å². The second-order valence-electron chi connectivity index (χ2n) is 6.49. The molecule has 1 aliphatic rings. The standard InChI is InChI=1S/C18H28N4O4S/c1-5-21(6-2)27(25,26)16-9-7-15(8-10-16)13(3)20-14(4)17(23)22-12-11-19-18(22)24/h7-10,13-14,20H,5-6,11-12H2,1-4H3,(H,19,24). The number of nitrogens with one attached hydrogen (secondary N) is 2. The number of imide groups is 1. The molecule has 1 aromatic rings. The van der Waals surface area contributed by atoms with E-state index in [9.17, 15) is 18.0 Å². The topological polar surface area (TPSA) is 98.8 Å². The zero-order chi connectivity index (χ0) is 20.2. The summed E-state index contributed by atoms with van der Waals surface area (Å²) in [5.41, 5.74) is 0.860. The molecule has 1 heterocycles. The molecule has 1 aliphatic heterocycles. The van der Waals surface area contributed by atoms with Crippen molar-refractivity contribution in [1.82, 2.24) is 19.8 Å². The van der Waals surface area contributed by atoms with Gasteiger partial charge in [0, 0.05) is 32.2 Å². The molecule has 0 aliphatic carbocycles. The average molecular weight is 397 g/mol. The van der Waals surface area contributed by atoms with Gasteiger partial charge in [0.1, 0.15) is 0 Å². The summed E-state index contributed by atoms with van der Waals surface area (Å²) in [7, 11) is -3.49. The number of hydrogen-bond donors (Lipinski definition) is 2. The molecule has 9 heteroatoms. The Morgan fingerprint density at radius 2 is 1.81 bits per heavy atom. The Labute approximate surface area is 161 Å². The first-order valence-electron chi connectivity index (χ1n) is 9.17. The molecule has 2 rings (SSSR count). The van der Waals surface area contributed by atoms with Crippen LogP contribution in [0.5, 0.6) is 0 Å². The second kappa shape index (κ2) is 8.81. The average Bonchev–Trinajstić information content (AvgIpc) is 3.07. The summed E-state index contributed by atoms with van der Waals surface area (Å²) in [5, 5.41) is 5.77. The second-order valence-corrected chi connectivity index (χ2v) is 8.43. The first kappa shape index (κ1) is 21.3. The first-order chi connectivity index (χ1) is 12.7. The van der Waals surface area contributed by atoms with Gasteiger partial charge in [0.15, 0.2) is 0 Å². The summed E-state index contributed by atoms with van der Waals surface area (Å²) in [6.45, 7) is 8.89. The summed E-state index contributed by atoms with van der Waals surface area (Å²) in [4.78, 5) is 25.4. The number of sulfonamides is 1. The number of hydrogen-bond acceptors (Lipinski definition) is 5. The summed E-state index contributed by atoms with van der Waals surface area (Å²) in [6.07, 6.45) is 0. The summed E-state index contributed by atoms with van der Waals surface area (Å²) < 4.78 is 26.5. The van der Waals surface area contributed by atoms with E-state index < -0.39 is 16.1 Å². The van der Waals surface area contributed by atoms with Crippen LogP contribution in [0.4, 0.5) is 4.79 Å². The molecule has 1 aromatic carbocycles. The Morgan fingerprint density at radius 3 is 2.30 bits per heavy atom. The molecule has 8 nitrogen and oxygen atoms in total. The van der Waals surface area contributed by atoms with Gasteiger partial charge in [-0.15, -0.1) is 0 Å². The highest BCUT2D eigenvalue weighted by molar-refractivity contribution is 7.89. The number of carbonyl (C=O) groups excluding carboxylic acids is 2. The van der Waals surface area contributed by atoms with E-state index in [0.29, 0.717) is 26.2 Å². The molecule has 1 fully saturated rings. The Balaban J connectivity index is 2.06. The minimum Gasteiger partial charge on any atom is -0.336 e. The van der Waals surface area contributed by atoms with Crippen molar-refractivity contribution in [2.75, 3.05) is 26.2 Å². The van der Waals surface area contributed by atoms with Crippen molar-refractivity contribution in [2.24, 2.45) is 0 Å². The number of rotatable bonds is 8. The number of carbonyl (C=O) groups is 2. The summed E-state index contributed by atoms with van der Waals surface area (Å²) >= 11 is 0. The fourth-order valence-electron chi connectivity index (χ4n) is 3.10. The maximum atomic E-state index is 12.5. The third-order valence-electron chi connectivity index (χ3n) is 4.72. The van der Waals surface area contributed by atoms with E-state index in [1.165, 1.54) is 9.21 Å². The molecule has 3 amide bonds. The summed E-state index contributed by atoms with van der Waals surface area (Å²) in [5.74, 6) is -0.280. The van der Waals surface area contributed by atoms with E-state index >= 15 is 0 Å². The van der Waals surface area contributed by atoms with Crippen molar-refractivity contribution < 1.29 is 18.0 Å². The molecular weight excluding hydrogens is 368 g/mol. The normalized spacial score (nSPS) is 17.1. The molecule has 0 bridgehead atoms. The predicted octanol–water partition coefficient (Wildman–Crippen LogP) is 1.31. The van der Waals surface area contributed by atoms with Crippen LogP contribution in [0.2, 0.25) is 0 Å². The lowest BCUT2D eigenvalue weighted by Crippen LogP contribution is -2.46. The molecule has 1 saturated heterocycles. The maximum absolute atomic E-state index is 12.5. The fourth-order valence-corrected chi connectivity index (χ4v) is 4.56. The number of urea groups is 1. The van der Waals surface area contributed by atoms with Crippen LogP contribution in [-0.2, 0) is 14.8 Å². The van der Waals surface area contributed by atoms with Gasteiger partial charge in [-0.2, -0.15) is 4.31 Å². The zero-order valence-electron chi connectivity index (χ0n) is 16.2. The van der Waals surface area contributed by atoms with Crippen molar-refractivity contribution in [1.29, 1.82) is 0 Å². The molecule has 0 aromatic heterocycles. The first-order valence-corrected chi connectivity index (χ1v) is 10.6. The van der Waals surface area contributed by atoms with Crippen LogP contribution >= 0.6 is 0 Å². The van der Waals surface area contributed by atoms with Gasteiger partial charge in [-0.05, 0) is 31.5 Å². The van der Waals surface area contributed by atoms with E-state index in [0.717, 1.165) is 5.56 Å². The van der Waals surface area contributed by atoms with Gasteiger partial charge in [0.05, 0.1) is 10.9 Å². The number of benzene rings is 1. The van der Waals surface area contributed by atoms with Crippen molar-refractivity contribution in [3.05, 3.63) is 29.8 Å². The van der Waals surface area contributed by atoms with Gasteiger partial charge < -0.3 is 5.32 Å². The molecule has 0 saturated carbocycles. The molecule has 0 radical (unpaired) electrons. The smallest absolute Gasteiger partial charge is 0.324 e. The largest absolute Gasteiger partial charge is 0.336 e. The molecule has 2 unspecified atom stereocenters. The van der Waals surface area contributed by atoms with Gasteiger partial charge in [-0.1, -0.05) is 26.0 Å². The lowest BCUT2D eigenvalue weighted by molar-refractivity contribution is -0.129. The Kier molecular flexibility index (Phi) is 6.96. The monoisotopic (exact) mass is 396 g/mol. The van der Waals surface area contributed by atoms with Crippen molar-refractivity contribution in [2.45, 2.75) is 44.7 Å². The van der Waals surface area contributed by atoms with Crippen LogP contribution in [-0.4, -0.2) is 61.8 Å². The maximum Gasteiger partial charge on any atom is 0.324 e. The number of amides is 3. The highest BCUT2D eigenvalue weighted by atomic mass is 32.2. The molecule has 27 heavy (non-hydrogen) atoms. The minimum absolute atomic E-state index is 0.181. The minimum atomic E-state index is -3.49. The van der Waals surface area contributed by atoms with E-state index in [2.05, 4.69) is 10.6 Å². The lowest BCUT2D eigenvalue weighted by Gasteiger charge is -2.23. The zero-order valence-corrected chi connectivity index (χ0v) is 17.0. The molecule has 2 atom stereocenters. The third-order valence-corrected chi connectivity index (χ3v) is 6.78. The number of nitrogens with zero attached hydrogens (tertiary/aromatic N) is 2. The SMILES string of the molecule is CCN(CC)S(=O)(=O)c1ccc(C(C)NC(C)C(=O)N2CCNC2=O)cc1. The molecule has 150 valence electrons. The summed E-state index contributed by atoms with van der Waals surface area (Å²) in [6, 6.07) is 5.57. The molecule has 0 spiro atoms. The lowest BCUT2D eigenvalue weighted by atomic mass is 10.1. The Morgan fingerprint density at radius 1 is 1.22 bits per heavy atom.